The second kappa shape index (κ2) is 6.53. The normalized spacial score (nSPS) is 14.7. The molecule has 0 fully saturated rings. The standard InChI is InChI=1S/C14H30N2O2/c1-10(2)11(3)16-12(17)14(6,7)18-9-8-13(4,5)15/h10-11H,8-9,15H2,1-7H3,(H,16,17). The van der Waals surface area contributed by atoms with Crippen LogP contribution in [0.1, 0.15) is 54.9 Å². The molecule has 1 atom stereocenters. The first kappa shape index (κ1) is 17.4. The van der Waals surface area contributed by atoms with Crippen molar-refractivity contribution in [3.05, 3.63) is 0 Å². The summed E-state index contributed by atoms with van der Waals surface area (Å²) >= 11 is 0. The predicted octanol–water partition coefficient (Wildman–Crippen LogP) is 2.07. The van der Waals surface area contributed by atoms with Crippen molar-refractivity contribution in [2.45, 2.75) is 72.1 Å². The molecule has 4 nitrogen and oxygen atoms in total. The van der Waals surface area contributed by atoms with Crippen molar-refractivity contribution < 1.29 is 9.53 Å². The lowest BCUT2D eigenvalue weighted by Crippen LogP contribution is -2.49. The summed E-state index contributed by atoms with van der Waals surface area (Å²) in [6, 6.07) is 0.145. The lowest BCUT2D eigenvalue weighted by Gasteiger charge is -2.29. The molecule has 0 aliphatic carbocycles. The number of carbonyl (C=O) groups is 1. The molecule has 108 valence electrons. The molecule has 1 unspecified atom stereocenters. The van der Waals surface area contributed by atoms with E-state index in [9.17, 15) is 4.79 Å². The van der Waals surface area contributed by atoms with Crippen molar-refractivity contribution in [1.82, 2.24) is 5.32 Å². The molecule has 1 amide bonds. The van der Waals surface area contributed by atoms with Gasteiger partial charge in [0.05, 0.1) is 0 Å². The van der Waals surface area contributed by atoms with Crippen LogP contribution in [0, 0.1) is 5.92 Å². The van der Waals surface area contributed by atoms with Crippen molar-refractivity contribution in [2.75, 3.05) is 6.61 Å². The molecule has 0 aliphatic rings. The van der Waals surface area contributed by atoms with E-state index in [1.54, 1.807) is 13.8 Å². The van der Waals surface area contributed by atoms with Gasteiger partial charge in [0, 0.05) is 18.2 Å². The second-order valence-electron chi connectivity index (χ2n) is 6.60. The van der Waals surface area contributed by atoms with Gasteiger partial charge < -0.3 is 15.8 Å². The van der Waals surface area contributed by atoms with E-state index >= 15 is 0 Å². The molecule has 0 aromatic rings. The van der Waals surface area contributed by atoms with E-state index in [0.717, 1.165) is 6.42 Å². The van der Waals surface area contributed by atoms with Crippen LogP contribution in [0.5, 0.6) is 0 Å². The van der Waals surface area contributed by atoms with E-state index in [0.29, 0.717) is 12.5 Å². The van der Waals surface area contributed by atoms with Crippen molar-refractivity contribution in [3.8, 4) is 0 Å². The zero-order chi connectivity index (χ0) is 14.6. The highest BCUT2D eigenvalue weighted by Crippen LogP contribution is 2.14. The summed E-state index contributed by atoms with van der Waals surface area (Å²) in [7, 11) is 0. The molecule has 0 aliphatic heterocycles. The molecule has 0 saturated heterocycles. The van der Waals surface area contributed by atoms with E-state index in [-0.39, 0.29) is 17.5 Å². The topological polar surface area (TPSA) is 64.3 Å². The Morgan fingerprint density at radius 2 is 1.72 bits per heavy atom. The van der Waals surface area contributed by atoms with Gasteiger partial charge in [-0.2, -0.15) is 0 Å². The molecule has 0 rings (SSSR count). The largest absolute Gasteiger partial charge is 0.366 e. The Labute approximate surface area is 112 Å². The van der Waals surface area contributed by atoms with Gasteiger partial charge in [-0.1, -0.05) is 13.8 Å². The first-order valence-electron chi connectivity index (χ1n) is 6.69. The van der Waals surface area contributed by atoms with Gasteiger partial charge in [0.1, 0.15) is 5.60 Å². The third-order valence-electron chi connectivity index (χ3n) is 3.11. The lowest BCUT2D eigenvalue weighted by molar-refractivity contribution is -0.144. The van der Waals surface area contributed by atoms with Gasteiger partial charge in [0.2, 0.25) is 0 Å². The van der Waals surface area contributed by atoms with Crippen LogP contribution in [0.15, 0.2) is 0 Å². The number of nitrogens with one attached hydrogen (secondary N) is 1. The fourth-order valence-corrected chi connectivity index (χ4v) is 1.18. The molecule has 0 aromatic heterocycles. The van der Waals surface area contributed by atoms with Crippen LogP contribution in [0.25, 0.3) is 0 Å². The average Bonchev–Trinajstić information content (AvgIpc) is 2.14. The highest BCUT2D eigenvalue weighted by atomic mass is 16.5. The summed E-state index contributed by atoms with van der Waals surface area (Å²) in [5, 5.41) is 2.97. The molecule has 0 aromatic carbocycles. The number of hydrogen-bond donors (Lipinski definition) is 2. The summed E-state index contributed by atoms with van der Waals surface area (Å²) in [6.45, 7) is 14.1. The Hall–Kier alpha value is -0.610. The summed E-state index contributed by atoms with van der Waals surface area (Å²) < 4.78 is 5.66. The smallest absolute Gasteiger partial charge is 0.251 e. The van der Waals surface area contributed by atoms with Gasteiger partial charge in [-0.05, 0) is 47.0 Å². The molecule has 0 bridgehead atoms. The van der Waals surface area contributed by atoms with E-state index in [4.69, 9.17) is 10.5 Å². The van der Waals surface area contributed by atoms with Gasteiger partial charge in [-0.3, -0.25) is 4.79 Å². The minimum Gasteiger partial charge on any atom is -0.366 e. The van der Waals surface area contributed by atoms with Crippen molar-refractivity contribution >= 4 is 5.91 Å². The van der Waals surface area contributed by atoms with E-state index < -0.39 is 5.60 Å². The third-order valence-corrected chi connectivity index (χ3v) is 3.11. The fraction of sp³-hybridized carbons (Fsp3) is 0.929. The van der Waals surface area contributed by atoms with Crippen LogP contribution in [-0.2, 0) is 9.53 Å². The molecular weight excluding hydrogens is 228 g/mol. The zero-order valence-electron chi connectivity index (χ0n) is 13.0. The van der Waals surface area contributed by atoms with E-state index in [2.05, 4.69) is 19.2 Å². The number of carbonyl (C=O) groups excluding carboxylic acids is 1. The quantitative estimate of drug-likeness (QED) is 0.734. The van der Waals surface area contributed by atoms with Gasteiger partial charge in [-0.25, -0.2) is 0 Å². The van der Waals surface area contributed by atoms with Crippen molar-refractivity contribution in [2.24, 2.45) is 11.7 Å². The van der Waals surface area contributed by atoms with Crippen LogP contribution in [0.4, 0.5) is 0 Å². The molecule has 0 heterocycles. The van der Waals surface area contributed by atoms with Gasteiger partial charge in [-0.15, -0.1) is 0 Å². The number of rotatable bonds is 7. The van der Waals surface area contributed by atoms with E-state index in [1.807, 2.05) is 20.8 Å². The highest BCUT2D eigenvalue weighted by molar-refractivity contribution is 5.84. The number of amides is 1. The van der Waals surface area contributed by atoms with Crippen LogP contribution in [0.3, 0.4) is 0 Å². The zero-order valence-corrected chi connectivity index (χ0v) is 13.0. The SMILES string of the molecule is CC(C)C(C)NC(=O)C(C)(C)OCCC(C)(C)N. The number of ether oxygens (including phenoxy) is 1. The molecule has 0 spiro atoms. The van der Waals surface area contributed by atoms with Crippen molar-refractivity contribution in [1.29, 1.82) is 0 Å². The van der Waals surface area contributed by atoms with Crippen LogP contribution >= 0.6 is 0 Å². The number of hydrogen-bond acceptors (Lipinski definition) is 3. The van der Waals surface area contributed by atoms with Gasteiger partial charge >= 0.3 is 0 Å². The molecule has 0 radical (unpaired) electrons. The summed E-state index contributed by atoms with van der Waals surface area (Å²) in [5.74, 6) is 0.339. The Kier molecular flexibility index (Phi) is 6.30. The van der Waals surface area contributed by atoms with Crippen molar-refractivity contribution in [3.63, 3.8) is 0 Å². The van der Waals surface area contributed by atoms with Gasteiger partial charge in [0.15, 0.2) is 0 Å². The fourth-order valence-electron chi connectivity index (χ4n) is 1.18. The van der Waals surface area contributed by atoms with E-state index in [1.165, 1.54) is 0 Å². The Balaban J connectivity index is 4.23. The maximum Gasteiger partial charge on any atom is 0.251 e. The Morgan fingerprint density at radius 1 is 1.22 bits per heavy atom. The Bertz CT molecular complexity index is 267. The average molecular weight is 258 g/mol. The third kappa shape index (κ3) is 6.97. The molecule has 18 heavy (non-hydrogen) atoms. The monoisotopic (exact) mass is 258 g/mol. The summed E-state index contributed by atoms with van der Waals surface area (Å²) in [4.78, 5) is 12.1. The lowest BCUT2D eigenvalue weighted by atomic mass is 10.0. The Morgan fingerprint density at radius 3 is 2.11 bits per heavy atom. The van der Waals surface area contributed by atoms with Crippen LogP contribution in [0.2, 0.25) is 0 Å². The highest BCUT2D eigenvalue weighted by Gasteiger charge is 2.30. The molecule has 0 saturated carbocycles. The predicted molar refractivity (Wildman–Crippen MR) is 75.4 cm³/mol. The first-order valence-corrected chi connectivity index (χ1v) is 6.69. The summed E-state index contributed by atoms with van der Waals surface area (Å²) in [5.41, 5.74) is 4.80. The van der Waals surface area contributed by atoms with Gasteiger partial charge in [0.25, 0.3) is 5.91 Å². The summed E-state index contributed by atoms with van der Waals surface area (Å²) in [6.07, 6.45) is 0.726. The maximum atomic E-state index is 12.1. The van der Waals surface area contributed by atoms with Crippen LogP contribution in [-0.4, -0.2) is 29.7 Å². The molecule has 3 N–H and O–H groups in total. The number of nitrogens with two attached hydrogens (primary N) is 1. The maximum absolute atomic E-state index is 12.1. The molecule has 4 heteroatoms. The van der Waals surface area contributed by atoms with Crippen LogP contribution < -0.4 is 11.1 Å². The minimum absolute atomic E-state index is 0.0708. The minimum atomic E-state index is -0.811. The second-order valence-corrected chi connectivity index (χ2v) is 6.60. The molecular formula is C14H30N2O2. The first-order chi connectivity index (χ1) is 7.96.